The van der Waals surface area contributed by atoms with Crippen molar-refractivity contribution in [2.75, 3.05) is 38.0 Å². The lowest BCUT2D eigenvalue weighted by atomic mass is 10.1. The van der Waals surface area contributed by atoms with Gasteiger partial charge < -0.3 is 10.6 Å². The second-order valence-corrected chi connectivity index (χ2v) is 5.28. The first-order valence-electron chi connectivity index (χ1n) is 7.16. The highest BCUT2D eigenvalue weighted by Crippen LogP contribution is 2.17. The van der Waals surface area contributed by atoms with E-state index >= 15 is 0 Å². The van der Waals surface area contributed by atoms with E-state index in [0.717, 1.165) is 43.0 Å². The summed E-state index contributed by atoms with van der Waals surface area (Å²) >= 11 is 0. The molecule has 3 N–H and O–H groups in total. The summed E-state index contributed by atoms with van der Waals surface area (Å²) in [6, 6.07) is 5.20. The molecular weight excluding hydrogens is 268 g/mol. The first-order chi connectivity index (χ1) is 10.1. The lowest BCUT2D eigenvalue weighted by Crippen LogP contribution is -2.48. The fourth-order valence-electron chi connectivity index (χ4n) is 2.28. The minimum Gasteiger partial charge on any atom is -0.314 e. The van der Waals surface area contributed by atoms with Gasteiger partial charge in [0.05, 0.1) is 6.54 Å². The van der Waals surface area contributed by atoms with E-state index in [1.807, 2.05) is 36.9 Å². The van der Waals surface area contributed by atoms with Gasteiger partial charge in [-0.2, -0.15) is 0 Å². The van der Waals surface area contributed by atoms with Gasteiger partial charge in [0.15, 0.2) is 0 Å². The summed E-state index contributed by atoms with van der Waals surface area (Å²) in [5, 5.41) is 8.31. The third-order valence-electron chi connectivity index (χ3n) is 3.68. The van der Waals surface area contributed by atoms with Crippen LogP contribution in [-0.2, 0) is 4.79 Å². The van der Waals surface area contributed by atoms with Crippen molar-refractivity contribution in [3.63, 3.8) is 0 Å². The predicted molar refractivity (Wildman–Crippen MR) is 82.4 cm³/mol. The van der Waals surface area contributed by atoms with Crippen LogP contribution in [-0.4, -0.2) is 49.6 Å². The number of imide groups is 1. The molecule has 1 aliphatic heterocycles. The van der Waals surface area contributed by atoms with Gasteiger partial charge >= 0.3 is 6.03 Å². The van der Waals surface area contributed by atoms with Gasteiger partial charge in [-0.05, 0) is 31.0 Å². The van der Waals surface area contributed by atoms with E-state index in [0.29, 0.717) is 0 Å². The molecule has 1 fully saturated rings. The number of nitrogens with zero attached hydrogens (tertiary/aromatic N) is 1. The van der Waals surface area contributed by atoms with Crippen LogP contribution in [0.4, 0.5) is 10.5 Å². The van der Waals surface area contributed by atoms with Gasteiger partial charge in [0.1, 0.15) is 0 Å². The van der Waals surface area contributed by atoms with Crippen LogP contribution in [0.5, 0.6) is 0 Å². The SMILES string of the molecule is Cc1cccc(NC(=O)NC(=O)CN2CCNCC2)c1C. The van der Waals surface area contributed by atoms with E-state index in [1.54, 1.807) is 0 Å². The summed E-state index contributed by atoms with van der Waals surface area (Å²) in [6.45, 7) is 7.57. The fraction of sp³-hybridized carbons (Fsp3) is 0.467. The molecule has 6 heteroatoms. The highest BCUT2D eigenvalue weighted by Gasteiger charge is 2.15. The predicted octanol–water partition coefficient (Wildman–Crippen LogP) is 0.857. The van der Waals surface area contributed by atoms with Crippen molar-refractivity contribution < 1.29 is 9.59 Å². The Bertz CT molecular complexity index is 524. The summed E-state index contributed by atoms with van der Waals surface area (Å²) in [7, 11) is 0. The number of anilines is 1. The Kier molecular flexibility index (Phi) is 5.30. The molecule has 0 atom stereocenters. The van der Waals surface area contributed by atoms with Crippen molar-refractivity contribution in [3.05, 3.63) is 29.3 Å². The van der Waals surface area contributed by atoms with Gasteiger partial charge in [-0.3, -0.25) is 15.0 Å². The van der Waals surface area contributed by atoms with Crippen molar-refractivity contribution in [2.24, 2.45) is 0 Å². The maximum atomic E-state index is 11.9. The van der Waals surface area contributed by atoms with Crippen LogP contribution >= 0.6 is 0 Å². The van der Waals surface area contributed by atoms with Gasteiger partial charge in [-0.15, -0.1) is 0 Å². The second-order valence-electron chi connectivity index (χ2n) is 5.28. The molecule has 0 radical (unpaired) electrons. The zero-order valence-corrected chi connectivity index (χ0v) is 12.5. The molecule has 0 aromatic heterocycles. The van der Waals surface area contributed by atoms with E-state index in [2.05, 4.69) is 16.0 Å². The summed E-state index contributed by atoms with van der Waals surface area (Å²) < 4.78 is 0. The van der Waals surface area contributed by atoms with Crippen molar-refractivity contribution >= 4 is 17.6 Å². The number of hydrogen-bond donors (Lipinski definition) is 3. The monoisotopic (exact) mass is 290 g/mol. The van der Waals surface area contributed by atoms with Crippen LogP contribution in [0.3, 0.4) is 0 Å². The number of urea groups is 1. The molecule has 1 heterocycles. The molecule has 1 aromatic carbocycles. The first kappa shape index (κ1) is 15.5. The van der Waals surface area contributed by atoms with Crippen LogP contribution < -0.4 is 16.0 Å². The quantitative estimate of drug-likeness (QED) is 0.772. The summed E-state index contributed by atoms with van der Waals surface area (Å²) in [4.78, 5) is 25.7. The zero-order chi connectivity index (χ0) is 15.2. The lowest BCUT2D eigenvalue weighted by molar-refractivity contribution is -0.121. The van der Waals surface area contributed by atoms with E-state index in [4.69, 9.17) is 0 Å². The Morgan fingerprint density at radius 2 is 1.95 bits per heavy atom. The fourth-order valence-corrected chi connectivity index (χ4v) is 2.28. The number of piperazine rings is 1. The van der Waals surface area contributed by atoms with E-state index in [9.17, 15) is 9.59 Å². The maximum Gasteiger partial charge on any atom is 0.325 e. The van der Waals surface area contributed by atoms with E-state index in [1.165, 1.54) is 0 Å². The molecule has 21 heavy (non-hydrogen) atoms. The number of carbonyl (C=O) groups excluding carboxylic acids is 2. The number of benzene rings is 1. The second kappa shape index (κ2) is 7.19. The number of aryl methyl sites for hydroxylation is 1. The lowest BCUT2D eigenvalue weighted by Gasteiger charge is -2.26. The molecule has 2 rings (SSSR count). The standard InChI is InChI=1S/C15H22N4O2/c1-11-4-3-5-13(12(11)2)17-15(21)18-14(20)10-19-8-6-16-7-9-19/h3-5,16H,6-10H2,1-2H3,(H2,17,18,20,21). The highest BCUT2D eigenvalue weighted by atomic mass is 16.2. The maximum absolute atomic E-state index is 11.9. The Balaban J connectivity index is 1.83. The molecule has 1 aliphatic rings. The Morgan fingerprint density at radius 3 is 2.67 bits per heavy atom. The van der Waals surface area contributed by atoms with Gasteiger partial charge in [-0.25, -0.2) is 4.79 Å². The molecule has 114 valence electrons. The van der Waals surface area contributed by atoms with Crippen molar-refractivity contribution in [3.8, 4) is 0 Å². The van der Waals surface area contributed by atoms with Gasteiger partial charge in [0.2, 0.25) is 5.91 Å². The van der Waals surface area contributed by atoms with Crippen molar-refractivity contribution in [2.45, 2.75) is 13.8 Å². The number of amides is 3. The molecule has 3 amide bonds. The van der Waals surface area contributed by atoms with Gasteiger partial charge in [0.25, 0.3) is 0 Å². The molecule has 0 saturated carbocycles. The van der Waals surface area contributed by atoms with Crippen molar-refractivity contribution in [1.82, 2.24) is 15.5 Å². The van der Waals surface area contributed by atoms with Crippen LogP contribution in [0.2, 0.25) is 0 Å². The molecular formula is C15H22N4O2. The largest absolute Gasteiger partial charge is 0.325 e. The summed E-state index contributed by atoms with van der Waals surface area (Å²) in [5.41, 5.74) is 2.82. The minimum absolute atomic E-state index is 0.252. The van der Waals surface area contributed by atoms with Gasteiger partial charge in [0, 0.05) is 31.9 Å². The highest BCUT2D eigenvalue weighted by molar-refractivity contribution is 6.02. The first-order valence-corrected chi connectivity index (χ1v) is 7.16. The molecule has 0 spiro atoms. The Morgan fingerprint density at radius 1 is 1.24 bits per heavy atom. The molecule has 0 unspecified atom stereocenters. The molecule has 0 bridgehead atoms. The van der Waals surface area contributed by atoms with E-state index < -0.39 is 6.03 Å². The normalized spacial score (nSPS) is 15.5. The number of carbonyl (C=O) groups is 2. The van der Waals surface area contributed by atoms with Crippen molar-refractivity contribution in [1.29, 1.82) is 0 Å². The molecule has 0 aliphatic carbocycles. The Labute approximate surface area is 124 Å². The van der Waals surface area contributed by atoms with Crippen LogP contribution in [0.25, 0.3) is 0 Å². The van der Waals surface area contributed by atoms with Crippen LogP contribution in [0.15, 0.2) is 18.2 Å². The number of hydrogen-bond acceptors (Lipinski definition) is 4. The third kappa shape index (κ3) is 4.54. The third-order valence-corrected chi connectivity index (χ3v) is 3.68. The minimum atomic E-state index is -0.483. The average molecular weight is 290 g/mol. The van der Waals surface area contributed by atoms with Crippen LogP contribution in [0.1, 0.15) is 11.1 Å². The topological polar surface area (TPSA) is 73.5 Å². The summed E-state index contributed by atoms with van der Waals surface area (Å²) in [6.07, 6.45) is 0. The van der Waals surface area contributed by atoms with E-state index in [-0.39, 0.29) is 12.5 Å². The molecule has 1 aromatic rings. The number of rotatable bonds is 3. The molecule has 1 saturated heterocycles. The van der Waals surface area contributed by atoms with Crippen LogP contribution in [0, 0.1) is 13.8 Å². The number of nitrogens with one attached hydrogen (secondary N) is 3. The summed E-state index contributed by atoms with van der Waals surface area (Å²) in [5.74, 6) is -0.278. The average Bonchev–Trinajstić information content (AvgIpc) is 2.44. The zero-order valence-electron chi connectivity index (χ0n) is 12.5. The Hall–Kier alpha value is -1.92. The van der Waals surface area contributed by atoms with Gasteiger partial charge in [-0.1, -0.05) is 12.1 Å². The molecule has 6 nitrogen and oxygen atoms in total. The smallest absolute Gasteiger partial charge is 0.314 e.